The van der Waals surface area contributed by atoms with Gasteiger partial charge in [0.05, 0.1) is 5.69 Å². The van der Waals surface area contributed by atoms with E-state index in [1.165, 1.54) is 21.7 Å². The molecule has 1 saturated heterocycles. The van der Waals surface area contributed by atoms with Crippen LogP contribution >= 0.6 is 24.0 Å². The van der Waals surface area contributed by atoms with Gasteiger partial charge in [0.2, 0.25) is 10.0 Å². The van der Waals surface area contributed by atoms with Crippen LogP contribution in [-0.4, -0.2) is 68.5 Å². The summed E-state index contributed by atoms with van der Waals surface area (Å²) in [6.07, 6.45) is 2.29. The first-order chi connectivity index (χ1) is 13.5. The first kappa shape index (κ1) is 23.6. The van der Waals surface area contributed by atoms with E-state index in [2.05, 4.69) is 51.6 Å². The molecule has 0 aliphatic carbocycles. The van der Waals surface area contributed by atoms with Crippen molar-refractivity contribution in [2.75, 3.05) is 39.8 Å². The topological polar surface area (TPSA) is 91.0 Å². The van der Waals surface area contributed by atoms with E-state index >= 15 is 0 Å². The van der Waals surface area contributed by atoms with Gasteiger partial charge in [-0.1, -0.05) is 35.0 Å². The molecule has 1 aliphatic rings. The lowest BCUT2D eigenvalue weighted by Crippen LogP contribution is -2.54. The highest BCUT2D eigenvalue weighted by atomic mass is 127. The number of halogens is 1. The van der Waals surface area contributed by atoms with Gasteiger partial charge in [-0.2, -0.15) is 4.31 Å². The van der Waals surface area contributed by atoms with Gasteiger partial charge in [0.15, 0.2) is 5.96 Å². The van der Waals surface area contributed by atoms with E-state index < -0.39 is 10.0 Å². The van der Waals surface area contributed by atoms with Gasteiger partial charge in [0.25, 0.3) is 0 Å². The van der Waals surface area contributed by atoms with Crippen molar-refractivity contribution in [3.63, 3.8) is 0 Å². The van der Waals surface area contributed by atoms with Gasteiger partial charge >= 0.3 is 0 Å². The molecule has 1 aliphatic heterocycles. The summed E-state index contributed by atoms with van der Waals surface area (Å²) in [4.78, 5) is 6.44. The fourth-order valence-electron chi connectivity index (χ4n) is 3.17. The van der Waals surface area contributed by atoms with Crippen LogP contribution in [0.15, 0.2) is 46.1 Å². The Morgan fingerprint density at radius 3 is 2.45 bits per heavy atom. The van der Waals surface area contributed by atoms with E-state index in [1.54, 1.807) is 13.1 Å². The van der Waals surface area contributed by atoms with Crippen LogP contribution in [0.25, 0.3) is 0 Å². The molecule has 1 aromatic carbocycles. The molecule has 10 heteroatoms. The number of rotatable bonds is 6. The first-order valence-corrected chi connectivity index (χ1v) is 11.0. The van der Waals surface area contributed by atoms with Crippen molar-refractivity contribution in [3.05, 3.63) is 53.4 Å². The lowest BCUT2D eigenvalue weighted by atomic mass is 10.1. The zero-order chi connectivity index (χ0) is 20.0. The van der Waals surface area contributed by atoms with Crippen LogP contribution in [0.2, 0.25) is 0 Å². The first-order valence-electron chi connectivity index (χ1n) is 9.36. The van der Waals surface area contributed by atoms with Gasteiger partial charge < -0.3 is 14.7 Å². The quantitative estimate of drug-likeness (QED) is 0.347. The number of hydrogen-bond acceptors (Lipinski definition) is 5. The predicted molar refractivity (Wildman–Crippen MR) is 124 cm³/mol. The molecular weight excluding hydrogens is 505 g/mol. The summed E-state index contributed by atoms with van der Waals surface area (Å²) in [6, 6.07) is 10.1. The van der Waals surface area contributed by atoms with Crippen LogP contribution in [0.4, 0.5) is 0 Å². The molecule has 0 saturated carbocycles. The zero-order valence-electron chi connectivity index (χ0n) is 16.7. The summed E-state index contributed by atoms with van der Waals surface area (Å²) < 4.78 is 31.3. The van der Waals surface area contributed by atoms with E-state index in [9.17, 15) is 8.42 Å². The average Bonchev–Trinajstić information content (AvgIpc) is 3.19. The number of aryl methyl sites for hydroxylation is 1. The fourth-order valence-corrected chi connectivity index (χ4v) is 4.60. The minimum atomic E-state index is -3.39. The third-order valence-electron chi connectivity index (χ3n) is 4.78. The van der Waals surface area contributed by atoms with E-state index in [4.69, 9.17) is 4.52 Å². The van der Waals surface area contributed by atoms with E-state index in [0.29, 0.717) is 31.9 Å². The molecule has 0 amide bonds. The smallest absolute Gasteiger partial charge is 0.220 e. The van der Waals surface area contributed by atoms with E-state index in [0.717, 1.165) is 18.9 Å². The molecule has 0 bridgehead atoms. The number of benzene rings is 1. The Balaban J connectivity index is 0.00000300. The largest absolute Gasteiger partial charge is 0.364 e. The molecule has 160 valence electrons. The highest BCUT2D eigenvalue weighted by molar-refractivity contribution is 14.0. The van der Waals surface area contributed by atoms with E-state index in [-0.39, 0.29) is 29.7 Å². The Labute approximate surface area is 189 Å². The van der Waals surface area contributed by atoms with Crippen LogP contribution in [0.1, 0.15) is 16.8 Å². The molecule has 3 rings (SSSR count). The molecule has 0 radical (unpaired) electrons. The van der Waals surface area contributed by atoms with Crippen molar-refractivity contribution in [2.45, 2.75) is 19.1 Å². The van der Waals surface area contributed by atoms with E-state index in [1.807, 2.05) is 0 Å². The average molecular weight is 533 g/mol. The van der Waals surface area contributed by atoms with Gasteiger partial charge in [-0.15, -0.1) is 24.0 Å². The molecule has 8 nitrogen and oxygen atoms in total. The second kappa shape index (κ2) is 10.9. The van der Waals surface area contributed by atoms with Crippen molar-refractivity contribution >= 4 is 40.0 Å². The number of guanidine groups is 1. The predicted octanol–water partition coefficient (Wildman–Crippen LogP) is 1.87. The summed E-state index contributed by atoms with van der Waals surface area (Å²) in [5.41, 5.74) is 2.96. The molecular formula is C19H28IN5O3S. The van der Waals surface area contributed by atoms with Crippen LogP contribution < -0.4 is 5.32 Å². The summed E-state index contributed by atoms with van der Waals surface area (Å²) in [5, 5.41) is 7.07. The second-order valence-corrected chi connectivity index (χ2v) is 8.81. The van der Waals surface area contributed by atoms with Crippen molar-refractivity contribution in [1.82, 2.24) is 19.7 Å². The van der Waals surface area contributed by atoms with Crippen LogP contribution in [0.3, 0.4) is 0 Å². The highest BCUT2D eigenvalue weighted by Crippen LogP contribution is 2.13. The summed E-state index contributed by atoms with van der Waals surface area (Å²) in [5.74, 6) is 0.674. The molecule has 0 atom stereocenters. The summed E-state index contributed by atoms with van der Waals surface area (Å²) >= 11 is 0. The molecule has 1 N–H and O–H groups in total. The number of hydrogen-bond donors (Lipinski definition) is 1. The SMILES string of the molecule is CN=C(NCCc1ccc(C)cc1)N1CCN(S(=O)(=O)Cc2ccon2)CC1.I. The Morgan fingerprint density at radius 2 is 1.86 bits per heavy atom. The summed E-state index contributed by atoms with van der Waals surface area (Å²) in [7, 11) is -1.64. The fraction of sp³-hybridized carbons (Fsp3) is 0.474. The van der Waals surface area contributed by atoms with Crippen LogP contribution in [0, 0.1) is 6.92 Å². The Bertz CT molecular complexity index is 877. The lowest BCUT2D eigenvalue weighted by molar-refractivity contribution is 0.260. The molecule has 2 heterocycles. The number of aliphatic imine (C=N–C) groups is 1. The van der Waals surface area contributed by atoms with Crippen LogP contribution in [-0.2, 0) is 22.2 Å². The molecule has 1 aromatic heterocycles. The zero-order valence-corrected chi connectivity index (χ0v) is 19.9. The van der Waals surface area contributed by atoms with Crippen molar-refractivity contribution in [3.8, 4) is 0 Å². The maximum Gasteiger partial charge on any atom is 0.220 e. The number of nitrogens with one attached hydrogen (secondary N) is 1. The highest BCUT2D eigenvalue weighted by Gasteiger charge is 2.28. The number of nitrogens with zero attached hydrogens (tertiary/aromatic N) is 4. The van der Waals surface area contributed by atoms with Crippen LogP contribution in [0.5, 0.6) is 0 Å². The van der Waals surface area contributed by atoms with Crippen molar-refractivity contribution < 1.29 is 12.9 Å². The maximum atomic E-state index is 12.5. The third-order valence-corrected chi connectivity index (χ3v) is 6.59. The third kappa shape index (κ3) is 6.68. The number of aromatic nitrogens is 1. The summed E-state index contributed by atoms with van der Waals surface area (Å²) in [6.45, 7) is 4.91. The Morgan fingerprint density at radius 1 is 1.17 bits per heavy atom. The number of sulfonamides is 1. The molecule has 0 spiro atoms. The van der Waals surface area contributed by atoms with Gasteiger partial charge in [0.1, 0.15) is 12.0 Å². The van der Waals surface area contributed by atoms with Gasteiger partial charge in [-0.25, -0.2) is 8.42 Å². The molecule has 0 unspecified atom stereocenters. The minimum Gasteiger partial charge on any atom is -0.364 e. The minimum absolute atomic E-state index is 0. The molecule has 29 heavy (non-hydrogen) atoms. The molecule has 2 aromatic rings. The van der Waals surface area contributed by atoms with Gasteiger partial charge in [0, 0.05) is 45.8 Å². The van der Waals surface area contributed by atoms with Gasteiger partial charge in [-0.05, 0) is 18.9 Å². The normalized spacial score (nSPS) is 15.8. The second-order valence-electron chi connectivity index (χ2n) is 6.84. The van der Waals surface area contributed by atoms with Gasteiger partial charge in [-0.3, -0.25) is 4.99 Å². The standard InChI is InChI=1S/C19H27N5O3S.HI/c1-16-3-5-17(6-4-16)7-9-21-19(20-2)23-10-12-24(13-11-23)28(25,26)15-18-8-14-27-22-18;/h3-6,8,14H,7,9-13,15H2,1-2H3,(H,20,21);1H. The lowest BCUT2D eigenvalue weighted by Gasteiger charge is -2.35. The molecule has 1 fully saturated rings. The monoisotopic (exact) mass is 533 g/mol. The van der Waals surface area contributed by atoms with Crippen molar-refractivity contribution in [1.29, 1.82) is 0 Å². The Kier molecular flexibility index (Phi) is 8.90. The van der Waals surface area contributed by atoms with Crippen molar-refractivity contribution in [2.24, 2.45) is 4.99 Å². The Hall–Kier alpha value is -1.66. The number of piperazine rings is 1. The maximum absolute atomic E-state index is 12.5.